The molecule has 0 amide bonds. The first-order chi connectivity index (χ1) is 9.27. The minimum absolute atomic E-state index is 0.361. The van der Waals surface area contributed by atoms with E-state index in [4.69, 9.17) is 0 Å². The van der Waals surface area contributed by atoms with Crippen LogP contribution in [0.3, 0.4) is 0 Å². The minimum Gasteiger partial charge on any atom is -0.468 e. The van der Waals surface area contributed by atoms with Crippen molar-refractivity contribution in [3.05, 3.63) is 33.9 Å². The normalized spacial score (nSPS) is 10.5. The number of hydrogen-bond acceptors (Lipinski definition) is 5. The Morgan fingerprint density at radius 3 is 2.25 bits per heavy atom. The molecule has 110 valence electrons. The van der Waals surface area contributed by atoms with Gasteiger partial charge in [-0.05, 0) is 13.8 Å². The van der Waals surface area contributed by atoms with Crippen molar-refractivity contribution in [3.63, 3.8) is 0 Å². The summed E-state index contributed by atoms with van der Waals surface area (Å²) >= 11 is 0. The maximum atomic E-state index is 13.9. The summed E-state index contributed by atoms with van der Waals surface area (Å²) in [6.07, 6.45) is 0. The summed E-state index contributed by atoms with van der Waals surface area (Å²) in [5, 5.41) is 10.5. The average Bonchev–Trinajstić information content (AvgIpc) is 2.35. The number of halogens is 2. The number of hydrogen-bond donors (Lipinski definition) is 0. The number of nitro groups is 1. The highest BCUT2D eigenvalue weighted by atomic mass is 19.1. The van der Waals surface area contributed by atoms with Crippen molar-refractivity contribution in [2.24, 2.45) is 0 Å². The van der Waals surface area contributed by atoms with E-state index < -0.39 is 39.9 Å². The van der Waals surface area contributed by atoms with Crippen molar-refractivity contribution in [1.29, 1.82) is 0 Å². The zero-order valence-corrected chi connectivity index (χ0v) is 11.2. The van der Waals surface area contributed by atoms with Crippen LogP contribution in [0, 0.1) is 21.7 Å². The zero-order chi connectivity index (χ0) is 15.4. The second kappa shape index (κ2) is 6.27. The van der Waals surface area contributed by atoms with E-state index in [1.165, 1.54) is 0 Å². The highest BCUT2D eigenvalue weighted by Gasteiger charge is 2.25. The highest BCUT2D eigenvalue weighted by molar-refractivity contribution is 5.76. The minimum atomic E-state index is -1.10. The second-order valence-electron chi connectivity index (χ2n) is 4.31. The van der Waals surface area contributed by atoms with Gasteiger partial charge in [0.25, 0.3) is 5.69 Å². The van der Waals surface area contributed by atoms with Crippen LogP contribution in [-0.4, -0.2) is 30.6 Å². The van der Waals surface area contributed by atoms with Crippen LogP contribution >= 0.6 is 0 Å². The number of non-ortho nitro benzene ring substituents is 1. The molecule has 0 aliphatic carbocycles. The fourth-order valence-corrected chi connectivity index (χ4v) is 1.66. The third kappa shape index (κ3) is 3.40. The smallest absolute Gasteiger partial charge is 0.325 e. The number of carbonyl (C=O) groups is 1. The molecule has 0 bridgehead atoms. The number of methoxy groups -OCH3 is 1. The van der Waals surface area contributed by atoms with Gasteiger partial charge in [-0.25, -0.2) is 8.78 Å². The molecule has 0 aromatic heterocycles. The lowest BCUT2D eigenvalue weighted by atomic mass is 10.2. The number of esters is 1. The summed E-state index contributed by atoms with van der Waals surface area (Å²) in [6, 6.07) is 0.829. The van der Waals surface area contributed by atoms with Crippen LogP contribution in [0.1, 0.15) is 13.8 Å². The molecule has 1 rings (SSSR count). The molecule has 0 unspecified atom stereocenters. The van der Waals surface area contributed by atoms with Crippen molar-refractivity contribution in [2.75, 3.05) is 18.6 Å². The largest absolute Gasteiger partial charge is 0.468 e. The topological polar surface area (TPSA) is 72.7 Å². The van der Waals surface area contributed by atoms with Gasteiger partial charge in [0.2, 0.25) is 0 Å². The molecule has 0 radical (unpaired) electrons. The molecule has 0 heterocycles. The van der Waals surface area contributed by atoms with E-state index in [-0.39, 0.29) is 6.54 Å². The highest BCUT2D eigenvalue weighted by Crippen LogP contribution is 2.29. The molecule has 8 heteroatoms. The Morgan fingerprint density at radius 1 is 1.40 bits per heavy atom. The molecule has 1 aromatic rings. The van der Waals surface area contributed by atoms with Crippen LogP contribution in [0.2, 0.25) is 0 Å². The standard InChI is InChI=1S/C12H14F2N2O4/c1-7(2)15(6-11(17)20-3)12-9(13)4-8(16(18)19)5-10(12)14/h4-5,7H,6H2,1-3H3. The Balaban J connectivity index is 3.27. The SMILES string of the molecule is COC(=O)CN(c1c(F)cc([N+](=O)[O-])cc1F)C(C)C. The van der Waals surface area contributed by atoms with Crippen LogP contribution in [0.5, 0.6) is 0 Å². The monoisotopic (exact) mass is 288 g/mol. The van der Waals surface area contributed by atoms with Gasteiger partial charge in [-0.3, -0.25) is 14.9 Å². The molecule has 20 heavy (non-hydrogen) atoms. The summed E-state index contributed by atoms with van der Waals surface area (Å²) in [4.78, 5) is 22.1. The zero-order valence-electron chi connectivity index (χ0n) is 11.2. The molecule has 0 aliphatic rings. The van der Waals surface area contributed by atoms with E-state index in [2.05, 4.69) is 4.74 Å². The van der Waals surface area contributed by atoms with Gasteiger partial charge < -0.3 is 9.64 Å². The number of carbonyl (C=O) groups excluding carboxylic acids is 1. The molecule has 0 atom stereocenters. The molecule has 0 N–H and O–H groups in total. The van der Waals surface area contributed by atoms with Gasteiger partial charge in [-0.15, -0.1) is 0 Å². The molecule has 6 nitrogen and oxygen atoms in total. The van der Waals surface area contributed by atoms with E-state index in [1.807, 2.05) is 0 Å². The van der Waals surface area contributed by atoms with E-state index in [9.17, 15) is 23.7 Å². The van der Waals surface area contributed by atoms with Crippen molar-refractivity contribution >= 4 is 17.3 Å². The van der Waals surface area contributed by atoms with E-state index in [0.29, 0.717) is 12.1 Å². The lowest BCUT2D eigenvalue weighted by Gasteiger charge is -2.28. The van der Waals surface area contributed by atoms with Gasteiger partial charge in [-0.2, -0.15) is 0 Å². The maximum Gasteiger partial charge on any atom is 0.325 e. The molecular formula is C12H14F2N2O4. The predicted octanol–water partition coefficient (Wildman–Crippen LogP) is 2.26. The van der Waals surface area contributed by atoms with Crippen molar-refractivity contribution < 1.29 is 23.2 Å². The number of anilines is 1. The average molecular weight is 288 g/mol. The first-order valence-corrected chi connectivity index (χ1v) is 5.74. The summed E-state index contributed by atoms with van der Waals surface area (Å²) in [6.45, 7) is 2.90. The lowest BCUT2D eigenvalue weighted by Crippen LogP contribution is -2.37. The summed E-state index contributed by atoms with van der Waals surface area (Å²) in [7, 11) is 1.16. The van der Waals surface area contributed by atoms with Crippen LogP contribution in [0.4, 0.5) is 20.2 Å². The molecule has 0 saturated heterocycles. The van der Waals surface area contributed by atoms with Crippen LogP contribution in [0.25, 0.3) is 0 Å². The third-order valence-corrected chi connectivity index (χ3v) is 2.65. The quantitative estimate of drug-likeness (QED) is 0.472. The van der Waals surface area contributed by atoms with E-state index in [1.54, 1.807) is 13.8 Å². The molecular weight excluding hydrogens is 274 g/mol. The van der Waals surface area contributed by atoms with Crippen molar-refractivity contribution in [2.45, 2.75) is 19.9 Å². The predicted molar refractivity (Wildman–Crippen MR) is 67.5 cm³/mol. The number of nitrogens with zero attached hydrogens (tertiary/aromatic N) is 2. The van der Waals surface area contributed by atoms with Crippen LogP contribution < -0.4 is 4.90 Å². The third-order valence-electron chi connectivity index (χ3n) is 2.65. The summed E-state index contributed by atoms with van der Waals surface area (Å²) < 4.78 is 32.3. The van der Waals surface area contributed by atoms with Gasteiger partial charge in [0, 0.05) is 6.04 Å². The van der Waals surface area contributed by atoms with Gasteiger partial charge in [0.15, 0.2) is 11.6 Å². The fourth-order valence-electron chi connectivity index (χ4n) is 1.66. The Morgan fingerprint density at radius 2 is 1.90 bits per heavy atom. The number of rotatable bonds is 5. The van der Waals surface area contributed by atoms with Crippen molar-refractivity contribution in [3.8, 4) is 0 Å². The van der Waals surface area contributed by atoms with Crippen molar-refractivity contribution in [1.82, 2.24) is 0 Å². The first-order valence-electron chi connectivity index (χ1n) is 5.74. The lowest BCUT2D eigenvalue weighted by molar-refractivity contribution is -0.385. The number of benzene rings is 1. The van der Waals surface area contributed by atoms with Gasteiger partial charge in [0.1, 0.15) is 12.2 Å². The Kier molecular flexibility index (Phi) is 4.95. The summed E-state index contributed by atoms with van der Waals surface area (Å²) in [5.41, 5.74) is -1.18. The Hall–Kier alpha value is -2.25. The maximum absolute atomic E-state index is 13.9. The Labute approximate surface area is 114 Å². The Bertz CT molecular complexity index is 511. The molecule has 0 saturated carbocycles. The van der Waals surface area contributed by atoms with Crippen LogP contribution in [0.15, 0.2) is 12.1 Å². The second-order valence-corrected chi connectivity index (χ2v) is 4.31. The van der Waals surface area contributed by atoms with E-state index in [0.717, 1.165) is 12.0 Å². The van der Waals surface area contributed by atoms with Crippen LogP contribution in [-0.2, 0) is 9.53 Å². The van der Waals surface area contributed by atoms with E-state index >= 15 is 0 Å². The summed E-state index contributed by atoms with van der Waals surface area (Å²) in [5.74, 6) is -2.88. The van der Waals surface area contributed by atoms with Gasteiger partial charge in [-0.1, -0.05) is 0 Å². The molecule has 0 fully saturated rings. The first kappa shape index (κ1) is 15.8. The number of ether oxygens (including phenoxy) is 1. The van der Waals surface area contributed by atoms with Gasteiger partial charge in [0.05, 0.1) is 24.2 Å². The number of nitro benzene ring substituents is 1. The molecule has 0 spiro atoms. The molecule has 0 aliphatic heterocycles. The fraction of sp³-hybridized carbons (Fsp3) is 0.417. The van der Waals surface area contributed by atoms with Gasteiger partial charge >= 0.3 is 5.97 Å². The molecule has 1 aromatic carbocycles.